The van der Waals surface area contributed by atoms with Crippen LogP contribution in [0.4, 0.5) is 5.69 Å². The number of carbonyl (C=O) groups excluding carboxylic acids is 1. The zero-order valence-corrected chi connectivity index (χ0v) is 16.2. The smallest absolute Gasteiger partial charge is 0.270 e. The van der Waals surface area contributed by atoms with Crippen molar-refractivity contribution in [2.75, 3.05) is 5.32 Å². The number of rotatable bonds is 5. The minimum atomic E-state index is -0.523. The van der Waals surface area contributed by atoms with Gasteiger partial charge in [0, 0.05) is 11.3 Å². The number of H-pyrrole nitrogens is 1. The maximum atomic E-state index is 12.5. The van der Waals surface area contributed by atoms with Crippen molar-refractivity contribution in [1.82, 2.24) is 9.97 Å². The van der Waals surface area contributed by atoms with E-state index in [1.54, 1.807) is 19.1 Å². The third kappa shape index (κ3) is 4.30. The molecular formula is C21H18N4O2S. The highest BCUT2D eigenvalue weighted by Gasteiger charge is 2.19. The number of aromatic amines is 1. The van der Waals surface area contributed by atoms with Crippen LogP contribution in [0.5, 0.6) is 0 Å². The van der Waals surface area contributed by atoms with E-state index in [-0.39, 0.29) is 16.6 Å². The van der Waals surface area contributed by atoms with Gasteiger partial charge in [0.1, 0.15) is 11.6 Å². The van der Waals surface area contributed by atoms with Crippen LogP contribution in [0.25, 0.3) is 11.3 Å². The van der Waals surface area contributed by atoms with Crippen molar-refractivity contribution in [2.24, 2.45) is 0 Å². The van der Waals surface area contributed by atoms with Gasteiger partial charge >= 0.3 is 0 Å². The summed E-state index contributed by atoms with van der Waals surface area (Å²) in [5.74, 6) is -0.201. The second-order valence-electron chi connectivity index (χ2n) is 6.14. The predicted octanol–water partition coefficient (Wildman–Crippen LogP) is 3.74. The summed E-state index contributed by atoms with van der Waals surface area (Å²) < 4.78 is 0. The Morgan fingerprint density at radius 3 is 2.54 bits per heavy atom. The highest BCUT2D eigenvalue weighted by Crippen LogP contribution is 2.25. The molecule has 3 aromatic rings. The summed E-state index contributed by atoms with van der Waals surface area (Å²) in [6.45, 7) is 3.65. The number of benzene rings is 2. The van der Waals surface area contributed by atoms with Gasteiger partial charge in [0.25, 0.3) is 5.56 Å². The van der Waals surface area contributed by atoms with E-state index in [9.17, 15) is 14.9 Å². The molecule has 7 heteroatoms. The molecule has 0 aliphatic carbocycles. The van der Waals surface area contributed by atoms with Crippen molar-refractivity contribution in [1.29, 1.82) is 5.26 Å². The number of thioether (sulfide) groups is 1. The summed E-state index contributed by atoms with van der Waals surface area (Å²) in [4.78, 5) is 31.9. The number of amides is 1. The lowest BCUT2D eigenvalue weighted by molar-refractivity contribution is -0.115. The van der Waals surface area contributed by atoms with Crippen molar-refractivity contribution >= 4 is 23.4 Å². The minimum Gasteiger partial charge on any atom is -0.325 e. The Morgan fingerprint density at radius 2 is 1.86 bits per heavy atom. The summed E-state index contributed by atoms with van der Waals surface area (Å²) >= 11 is 1.13. The largest absolute Gasteiger partial charge is 0.325 e. The van der Waals surface area contributed by atoms with Gasteiger partial charge in [-0.1, -0.05) is 60.3 Å². The highest BCUT2D eigenvalue weighted by molar-refractivity contribution is 8.00. The standard InChI is InChI=1S/C21H18N4O2S/c1-13-8-6-7-11-17(13)23-19(26)14(2)28-21-24-18(15-9-4-3-5-10-15)16(12-22)20(27)25-21/h3-11,14H,1-2H3,(H,23,26)(H,24,25,27)/t14-/m1/s1. The van der Waals surface area contributed by atoms with Crippen molar-refractivity contribution in [2.45, 2.75) is 24.3 Å². The van der Waals surface area contributed by atoms with Crippen LogP contribution in [0.1, 0.15) is 18.1 Å². The van der Waals surface area contributed by atoms with Crippen LogP contribution >= 0.6 is 11.8 Å². The molecule has 0 radical (unpaired) electrons. The number of hydrogen-bond donors (Lipinski definition) is 2. The van der Waals surface area contributed by atoms with Crippen LogP contribution in [0, 0.1) is 18.3 Å². The van der Waals surface area contributed by atoms with Crippen LogP contribution in [0.3, 0.4) is 0 Å². The first-order valence-electron chi connectivity index (χ1n) is 8.62. The summed E-state index contributed by atoms with van der Waals surface area (Å²) in [7, 11) is 0. The Hall–Kier alpha value is -3.37. The van der Waals surface area contributed by atoms with Crippen LogP contribution in [0.2, 0.25) is 0 Å². The number of aromatic nitrogens is 2. The number of carbonyl (C=O) groups is 1. The van der Waals surface area contributed by atoms with Gasteiger partial charge < -0.3 is 10.3 Å². The molecule has 2 aromatic carbocycles. The molecule has 0 spiro atoms. The molecule has 1 aromatic heterocycles. The number of para-hydroxylation sites is 1. The Kier molecular flexibility index (Phi) is 5.92. The van der Waals surface area contributed by atoms with Crippen LogP contribution in [-0.4, -0.2) is 21.1 Å². The zero-order chi connectivity index (χ0) is 20.1. The Balaban J connectivity index is 1.85. The van der Waals surface area contributed by atoms with Crippen LogP contribution in [0.15, 0.2) is 64.5 Å². The van der Waals surface area contributed by atoms with Gasteiger partial charge in [-0.05, 0) is 25.5 Å². The van der Waals surface area contributed by atoms with E-state index in [4.69, 9.17) is 0 Å². The molecule has 0 unspecified atom stereocenters. The fourth-order valence-corrected chi connectivity index (χ4v) is 3.38. The van der Waals surface area contributed by atoms with E-state index in [0.717, 1.165) is 23.0 Å². The molecule has 6 nitrogen and oxygen atoms in total. The molecule has 140 valence electrons. The van der Waals surface area contributed by atoms with Gasteiger partial charge in [-0.25, -0.2) is 4.98 Å². The molecule has 0 aliphatic heterocycles. The van der Waals surface area contributed by atoms with Gasteiger partial charge in [-0.2, -0.15) is 5.26 Å². The van der Waals surface area contributed by atoms with E-state index < -0.39 is 10.8 Å². The fourth-order valence-electron chi connectivity index (χ4n) is 2.59. The molecule has 0 saturated carbocycles. The van der Waals surface area contributed by atoms with Crippen molar-refractivity contribution in [3.05, 3.63) is 76.1 Å². The molecule has 28 heavy (non-hydrogen) atoms. The maximum Gasteiger partial charge on any atom is 0.270 e. The Labute approximate surface area is 166 Å². The highest BCUT2D eigenvalue weighted by atomic mass is 32.2. The summed E-state index contributed by atoms with van der Waals surface area (Å²) in [6.07, 6.45) is 0. The predicted molar refractivity (Wildman–Crippen MR) is 110 cm³/mol. The lowest BCUT2D eigenvalue weighted by Crippen LogP contribution is -2.24. The maximum absolute atomic E-state index is 12.5. The monoisotopic (exact) mass is 390 g/mol. The Morgan fingerprint density at radius 1 is 1.18 bits per heavy atom. The third-order valence-corrected chi connectivity index (χ3v) is 5.10. The van der Waals surface area contributed by atoms with Gasteiger partial charge in [0.05, 0.1) is 10.9 Å². The molecule has 3 rings (SSSR count). The van der Waals surface area contributed by atoms with Gasteiger partial charge in [0.15, 0.2) is 5.16 Å². The van der Waals surface area contributed by atoms with Crippen LogP contribution in [-0.2, 0) is 4.79 Å². The Bertz CT molecular complexity index is 1100. The SMILES string of the molecule is Cc1ccccc1NC(=O)[C@@H](C)Sc1nc(-c2ccccc2)c(C#N)c(=O)[nH]1. The van der Waals surface area contributed by atoms with Gasteiger partial charge in [-0.3, -0.25) is 9.59 Å². The average molecular weight is 390 g/mol. The molecule has 1 heterocycles. The lowest BCUT2D eigenvalue weighted by Gasteiger charge is -2.13. The van der Waals surface area contributed by atoms with Crippen molar-refractivity contribution < 1.29 is 4.79 Å². The topological polar surface area (TPSA) is 98.6 Å². The van der Waals surface area contributed by atoms with E-state index in [1.807, 2.05) is 55.5 Å². The van der Waals surface area contributed by atoms with E-state index in [0.29, 0.717) is 11.3 Å². The van der Waals surface area contributed by atoms with Gasteiger partial charge in [0.2, 0.25) is 5.91 Å². The average Bonchev–Trinajstić information content (AvgIpc) is 2.70. The second-order valence-corrected chi connectivity index (χ2v) is 7.47. The molecule has 0 fully saturated rings. The van der Waals surface area contributed by atoms with E-state index in [2.05, 4.69) is 15.3 Å². The molecule has 2 N–H and O–H groups in total. The fraction of sp³-hybridized carbons (Fsp3) is 0.143. The molecule has 1 amide bonds. The van der Waals surface area contributed by atoms with E-state index >= 15 is 0 Å². The first kappa shape index (κ1) is 19.4. The summed E-state index contributed by atoms with van der Waals surface area (Å²) in [6, 6.07) is 18.4. The number of hydrogen-bond acceptors (Lipinski definition) is 5. The lowest BCUT2D eigenvalue weighted by atomic mass is 10.1. The van der Waals surface area contributed by atoms with Crippen molar-refractivity contribution in [3.63, 3.8) is 0 Å². The molecule has 0 bridgehead atoms. The molecule has 0 aliphatic rings. The third-order valence-electron chi connectivity index (χ3n) is 4.12. The first-order valence-corrected chi connectivity index (χ1v) is 9.50. The van der Waals surface area contributed by atoms with Crippen molar-refractivity contribution in [3.8, 4) is 17.3 Å². The normalized spacial score (nSPS) is 11.5. The number of aryl methyl sites for hydroxylation is 1. The molecular weight excluding hydrogens is 372 g/mol. The first-order chi connectivity index (χ1) is 13.5. The number of anilines is 1. The quantitative estimate of drug-likeness (QED) is 0.511. The zero-order valence-electron chi connectivity index (χ0n) is 15.4. The van der Waals surface area contributed by atoms with Crippen LogP contribution < -0.4 is 10.9 Å². The van der Waals surface area contributed by atoms with E-state index in [1.165, 1.54) is 0 Å². The molecule has 1 atom stereocenters. The summed E-state index contributed by atoms with van der Waals surface area (Å²) in [5, 5.41) is 12.0. The van der Waals surface area contributed by atoms with Gasteiger partial charge in [-0.15, -0.1) is 0 Å². The number of nitriles is 1. The second kappa shape index (κ2) is 8.55. The number of nitrogens with one attached hydrogen (secondary N) is 2. The molecule has 0 saturated heterocycles. The minimum absolute atomic E-state index is 0.0486. The number of nitrogens with zero attached hydrogens (tertiary/aromatic N) is 2. The summed E-state index contributed by atoms with van der Waals surface area (Å²) in [5.41, 5.74) is 2.11.